The first-order valence-electron chi connectivity index (χ1n) is 12.7. The number of thiazole rings is 1. The smallest absolute Gasteiger partial charge is 0.340 e. The lowest BCUT2D eigenvalue weighted by molar-refractivity contribution is 0.0475. The van der Waals surface area contributed by atoms with Crippen molar-refractivity contribution in [2.45, 2.75) is 0 Å². The van der Waals surface area contributed by atoms with E-state index in [0.717, 1.165) is 16.1 Å². The van der Waals surface area contributed by atoms with Gasteiger partial charge in [-0.25, -0.2) is 9.78 Å². The van der Waals surface area contributed by atoms with Gasteiger partial charge in [0.1, 0.15) is 11.4 Å². The number of carbonyl (C=O) groups is 2. The van der Waals surface area contributed by atoms with Crippen molar-refractivity contribution in [3.05, 3.63) is 129 Å². The van der Waals surface area contributed by atoms with Gasteiger partial charge in [-0.1, -0.05) is 78.9 Å². The zero-order chi connectivity index (χ0) is 28.9. The lowest BCUT2D eigenvalue weighted by Gasteiger charge is -2.06. The van der Waals surface area contributed by atoms with Crippen LogP contribution in [0.15, 0.2) is 123 Å². The number of ether oxygens (including phenoxy) is 1. The van der Waals surface area contributed by atoms with E-state index in [1.54, 1.807) is 48.5 Å². The number of hydrogen-bond donors (Lipinski definition) is 1. The summed E-state index contributed by atoms with van der Waals surface area (Å²) >= 11 is 2.76. The van der Waals surface area contributed by atoms with E-state index in [1.807, 2.05) is 53.2 Å². The zero-order valence-corrected chi connectivity index (χ0v) is 23.5. The predicted octanol–water partition coefficient (Wildman–Crippen LogP) is 7.47. The van der Waals surface area contributed by atoms with E-state index in [0.29, 0.717) is 16.4 Å². The second kappa shape index (κ2) is 12.1. The molecule has 3 aromatic heterocycles. The van der Waals surface area contributed by atoms with Crippen molar-refractivity contribution in [3.8, 4) is 27.0 Å². The summed E-state index contributed by atoms with van der Waals surface area (Å²) in [6, 6.07) is 28.5. The van der Waals surface area contributed by atoms with Gasteiger partial charge in [-0.15, -0.1) is 32.9 Å². The molecular weight excluding hydrogens is 571 g/mol. The molecule has 0 amide bonds. The summed E-state index contributed by atoms with van der Waals surface area (Å²) in [4.78, 5) is 44.3. The van der Waals surface area contributed by atoms with Crippen LogP contribution in [-0.4, -0.2) is 33.1 Å². The van der Waals surface area contributed by atoms with Crippen molar-refractivity contribution < 1.29 is 14.3 Å². The molecule has 1 N–H and O–H groups in total. The molecule has 6 aromatic rings. The molecule has 6 rings (SSSR count). The highest BCUT2D eigenvalue weighted by atomic mass is 32.1. The molecule has 3 aromatic carbocycles. The number of aromatic amines is 1. The SMILES string of the molecule is O=C(COC(=O)c1ccccc1N=Nc1c(-c2cccs2)[nH]n(-c2nc(-c3ccccc3)cs2)c1=O)c1ccccc1. The van der Waals surface area contributed by atoms with Crippen molar-refractivity contribution in [2.24, 2.45) is 10.2 Å². The minimum absolute atomic E-state index is 0.0661. The Balaban J connectivity index is 1.30. The van der Waals surface area contributed by atoms with Crippen LogP contribution < -0.4 is 5.56 Å². The number of thiophene rings is 1. The summed E-state index contributed by atoms with van der Waals surface area (Å²) in [6.07, 6.45) is 0. The number of rotatable bonds is 9. The van der Waals surface area contributed by atoms with Crippen LogP contribution >= 0.6 is 22.7 Å². The fourth-order valence-electron chi connectivity index (χ4n) is 4.11. The fraction of sp³-hybridized carbons (Fsp3) is 0.0323. The summed E-state index contributed by atoms with van der Waals surface area (Å²) in [5.41, 5.74) is 2.54. The van der Waals surface area contributed by atoms with E-state index in [4.69, 9.17) is 4.74 Å². The molecule has 0 unspecified atom stereocenters. The van der Waals surface area contributed by atoms with E-state index < -0.39 is 18.1 Å². The number of hydrogen-bond acceptors (Lipinski definition) is 9. The predicted molar refractivity (Wildman–Crippen MR) is 162 cm³/mol. The molecule has 0 atom stereocenters. The molecule has 9 nitrogen and oxygen atoms in total. The monoisotopic (exact) mass is 591 g/mol. The number of azo groups is 1. The summed E-state index contributed by atoms with van der Waals surface area (Å²) in [7, 11) is 0. The first kappa shape index (κ1) is 26.9. The number of nitrogens with one attached hydrogen (secondary N) is 1. The van der Waals surface area contributed by atoms with Crippen LogP contribution in [0, 0.1) is 0 Å². The van der Waals surface area contributed by atoms with E-state index in [1.165, 1.54) is 33.4 Å². The third-order valence-corrected chi connectivity index (χ3v) is 7.91. The molecular formula is C31H21N5O4S2. The second-order valence-electron chi connectivity index (χ2n) is 8.92. The number of carbonyl (C=O) groups excluding carboxylic acids is 2. The second-order valence-corrected chi connectivity index (χ2v) is 10.7. The molecule has 42 heavy (non-hydrogen) atoms. The standard InChI is InChI=1S/C31H21N5O4S2/c37-25(21-12-5-2-6-13-21)18-40-30(39)22-14-7-8-15-23(22)33-34-28-27(26-16-9-17-41-26)35-36(29(28)38)31-32-24(19-42-31)20-10-3-1-4-11-20/h1-17,19,35H,18H2. The first-order chi connectivity index (χ1) is 20.6. The summed E-state index contributed by atoms with van der Waals surface area (Å²) < 4.78 is 6.62. The highest BCUT2D eigenvalue weighted by molar-refractivity contribution is 7.13. The molecule has 0 aliphatic heterocycles. The minimum atomic E-state index is -0.727. The Morgan fingerprint density at radius 2 is 1.60 bits per heavy atom. The number of esters is 1. The van der Waals surface area contributed by atoms with Gasteiger partial charge in [0.25, 0.3) is 0 Å². The number of benzene rings is 3. The highest BCUT2D eigenvalue weighted by Crippen LogP contribution is 2.33. The van der Waals surface area contributed by atoms with Crippen molar-refractivity contribution in [1.82, 2.24) is 14.8 Å². The molecule has 206 valence electrons. The molecule has 0 fully saturated rings. The van der Waals surface area contributed by atoms with E-state index in [2.05, 4.69) is 20.3 Å². The quantitative estimate of drug-likeness (QED) is 0.106. The summed E-state index contributed by atoms with van der Waals surface area (Å²) in [5, 5.41) is 15.9. The lowest BCUT2D eigenvalue weighted by Crippen LogP contribution is -2.14. The number of Topliss-reactive ketones (excluding diaryl/α,β-unsaturated/α-hetero) is 1. The Bertz CT molecular complexity index is 1940. The number of aromatic nitrogens is 3. The zero-order valence-electron chi connectivity index (χ0n) is 21.8. The van der Waals surface area contributed by atoms with Crippen LogP contribution in [0.1, 0.15) is 20.7 Å². The maximum Gasteiger partial charge on any atom is 0.340 e. The molecule has 0 bridgehead atoms. The topological polar surface area (TPSA) is 119 Å². The molecule has 3 heterocycles. The van der Waals surface area contributed by atoms with Crippen LogP contribution in [0.4, 0.5) is 11.4 Å². The van der Waals surface area contributed by atoms with E-state index >= 15 is 0 Å². The normalized spacial score (nSPS) is 11.1. The van der Waals surface area contributed by atoms with Crippen LogP contribution in [0.2, 0.25) is 0 Å². The molecule has 0 aliphatic carbocycles. The van der Waals surface area contributed by atoms with Gasteiger partial charge in [-0.2, -0.15) is 4.68 Å². The van der Waals surface area contributed by atoms with Gasteiger partial charge in [0.15, 0.2) is 18.1 Å². The number of H-pyrrole nitrogens is 1. The Hall–Kier alpha value is -5.26. The van der Waals surface area contributed by atoms with Gasteiger partial charge < -0.3 is 4.74 Å². The molecule has 11 heteroatoms. The van der Waals surface area contributed by atoms with E-state index in [9.17, 15) is 14.4 Å². The average Bonchev–Trinajstić information content (AvgIpc) is 3.81. The third kappa shape index (κ3) is 5.64. The number of ketones is 1. The Kier molecular flexibility index (Phi) is 7.75. The van der Waals surface area contributed by atoms with Crippen LogP contribution in [0.5, 0.6) is 0 Å². The van der Waals surface area contributed by atoms with Crippen LogP contribution in [-0.2, 0) is 4.74 Å². The van der Waals surface area contributed by atoms with Crippen molar-refractivity contribution in [2.75, 3.05) is 6.61 Å². The molecule has 0 saturated heterocycles. The largest absolute Gasteiger partial charge is 0.454 e. The first-order valence-corrected chi connectivity index (χ1v) is 14.5. The molecule has 0 aliphatic rings. The van der Waals surface area contributed by atoms with Gasteiger partial charge in [0.05, 0.1) is 16.1 Å². The highest BCUT2D eigenvalue weighted by Gasteiger charge is 2.21. The maximum atomic E-state index is 13.6. The lowest BCUT2D eigenvalue weighted by atomic mass is 10.1. The van der Waals surface area contributed by atoms with Gasteiger partial charge in [0.2, 0.25) is 5.13 Å². The maximum absolute atomic E-state index is 13.6. The fourth-order valence-corrected chi connectivity index (χ4v) is 5.62. The molecule has 0 spiro atoms. The van der Waals surface area contributed by atoms with Gasteiger partial charge in [-0.3, -0.25) is 14.7 Å². The molecule has 0 radical (unpaired) electrons. The summed E-state index contributed by atoms with van der Waals surface area (Å²) in [5.74, 6) is -1.05. The third-order valence-electron chi connectivity index (χ3n) is 6.20. The Morgan fingerprint density at radius 3 is 2.36 bits per heavy atom. The van der Waals surface area contributed by atoms with E-state index in [-0.39, 0.29) is 22.7 Å². The summed E-state index contributed by atoms with van der Waals surface area (Å²) in [6.45, 7) is -0.419. The van der Waals surface area contributed by atoms with Gasteiger partial charge >= 0.3 is 11.5 Å². The van der Waals surface area contributed by atoms with Crippen LogP contribution in [0.3, 0.4) is 0 Å². The number of nitrogens with zero attached hydrogens (tertiary/aromatic N) is 4. The minimum Gasteiger partial charge on any atom is -0.454 e. The van der Waals surface area contributed by atoms with Gasteiger partial charge in [0, 0.05) is 16.5 Å². The van der Waals surface area contributed by atoms with Crippen molar-refractivity contribution in [1.29, 1.82) is 0 Å². The van der Waals surface area contributed by atoms with Crippen molar-refractivity contribution in [3.63, 3.8) is 0 Å². The van der Waals surface area contributed by atoms with Crippen molar-refractivity contribution >= 4 is 45.8 Å². The average molecular weight is 592 g/mol. The molecule has 0 saturated carbocycles. The van der Waals surface area contributed by atoms with Gasteiger partial charge in [-0.05, 0) is 23.6 Å². The van der Waals surface area contributed by atoms with Crippen LogP contribution in [0.25, 0.3) is 27.0 Å². The Morgan fingerprint density at radius 1 is 0.857 bits per heavy atom. The Labute approximate surface area is 247 Å².